The Bertz CT molecular complexity index is 887. The second-order valence-electron chi connectivity index (χ2n) is 6.73. The fourth-order valence-corrected chi connectivity index (χ4v) is 2.93. The molecule has 0 fully saturated rings. The molecule has 1 aliphatic carbocycles. The molecular weight excluding hydrogens is 366 g/mol. The normalized spacial score (nSPS) is 11.9. The van der Waals surface area contributed by atoms with Crippen LogP contribution in [0.15, 0.2) is 66.8 Å². The van der Waals surface area contributed by atoms with E-state index in [1.165, 1.54) is 27.8 Å². The summed E-state index contributed by atoms with van der Waals surface area (Å²) < 4.78 is 0. The smallest absolute Gasteiger partial charge is 0.328 e. The van der Waals surface area contributed by atoms with Gasteiger partial charge in [-0.2, -0.15) is 0 Å². The maximum Gasteiger partial charge on any atom is 0.328 e. The Morgan fingerprint density at radius 3 is 1.69 bits per heavy atom. The van der Waals surface area contributed by atoms with Crippen LogP contribution >= 0.6 is 0 Å². The van der Waals surface area contributed by atoms with Gasteiger partial charge >= 0.3 is 11.9 Å². The molecule has 0 bridgehead atoms. The van der Waals surface area contributed by atoms with Crippen LogP contribution < -0.4 is 0 Å². The van der Waals surface area contributed by atoms with Crippen molar-refractivity contribution < 1.29 is 19.8 Å². The van der Waals surface area contributed by atoms with Crippen LogP contribution in [0.3, 0.4) is 0 Å². The Kier molecular flexibility index (Phi) is 8.12. The molecule has 0 radical (unpaired) electrons. The van der Waals surface area contributed by atoms with Crippen molar-refractivity contribution in [2.24, 2.45) is 0 Å². The van der Waals surface area contributed by atoms with Crippen LogP contribution in [0, 0.1) is 0 Å². The summed E-state index contributed by atoms with van der Waals surface area (Å²) in [5, 5.41) is 15.6. The number of benzene rings is 2. The average Bonchev–Trinajstić information content (AvgIpc) is 2.84. The quantitative estimate of drug-likeness (QED) is 0.635. The summed E-state index contributed by atoms with van der Waals surface area (Å²) in [6.45, 7) is 1.07. The van der Waals surface area contributed by atoms with E-state index in [1.54, 1.807) is 0 Å². The van der Waals surface area contributed by atoms with Gasteiger partial charge in [-0.15, -0.1) is 0 Å². The Labute approximate surface area is 170 Å². The van der Waals surface area contributed by atoms with Crippen molar-refractivity contribution in [2.45, 2.75) is 6.42 Å². The summed E-state index contributed by atoms with van der Waals surface area (Å²) in [6.07, 6.45) is 9.00. The first-order chi connectivity index (χ1) is 13.9. The van der Waals surface area contributed by atoms with E-state index in [0.717, 1.165) is 13.0 Å². The molecule has 2 N–H and O–H groups in total. The highest BCUT2D eigenvalue weighted by Crippen LogP contribution is 2.33. The fraction of sp³-hybridized carbons (Fsp3) is 0.167. The largest absolute Gasteiger partial charge is 0.478 e. The van der Waals surface area contributed by atoms with E-state index in [9.17, 15) is 9.59 Å². The first-order valence-electron chi connectivity index (χ1n) is 9.24. The van der Waals surface area contributed by atoms with Crippen molar-refractivity contribution in [1.29, 1.82) is 0 Å². The van der Waals surface area contributed by atoms with Gasteiger partial charge in [-0.1, -0.05) is 66.8 Å². The summed E-state index contributed by atoms with van der Waals surface area (Å²) in [5.41, 5.74) is 6.61. The predicted molar refractivity (Wildman–Crippen MR) is 116 cm³/mol. The van der Waals surface area contributed by atoms with Gasteiger partial charge in [-0.3, -0.25) is 0 Å². The standard InChI is InChI=1S/C20H21N.C4H4O4/c1-21(2)15-7-12-20-18-10-5-3-8-16(18)13-14-17-9-4-6-11-19(17)20;5-3(6)1-2-4(7)8/h3-6,8-14H,7,15H2,1-2H3;1-2H,(H,5,6)(H,7,8)/b;2-1+. The first kappa shape index (κ1) is 21.9. The maximum atomic E-state index is 9.55. The SMILES string of the molecule is CN(C)CCC=C1c2ccccc2C=Cc2ccccc21.O=C(O)/C=C/C(=O)O. The van der Waals surface area contributed by atoms with Gasteiger partial charge in [-0.25, -0.2) is 9.59 Å². The lowest BCUT2D eigenvalue weighted by atomic mass is 9.93. The molecule has 5 nitrogen and oxygen atoms in total. The van der Waals surface area contributed by atoms with Crippen LogP contribution in [-0.4, -0.2) is 47.7 Å². The third-order valence-corrected chi connectivity index (χ3v) is 4.24. The Morgan fingerprint density at radius 2 is 1.28 bits per heavy atom. The highest BCUT2D eigenvalue weighted by Gasteiger charge is 2.13. The molecule has 0 saturated heterocycles. The van der Waals surface area contributed by atoms with E-state index < -0.39 is 11.9 Å². The third kappa shape index (κ3) is 6.90. The minimum Gasteiger partial charge on any atom is -0.478 e. The van der Waals surface area contributed by atoms with Crippen LogP contribution in [0.2, 0.25) is 0 Å². The minimum absolute atomic E-state index is 0.558. The van der Waals surface area contributed by atoms with Crippen molar-refractivity contribution in [2.75, 3.05) is 20.6 Å². The summed E-state index contributed by atoms with van der Waals surface area (Å²) in [6, 6.07) is 17.3. The number of carbonyl (C=O) groups is 2. The van der Waals surface area contributed by atoms with Gasteiger partial charge in [-0.05, 0) is 48.3 Å². The fourth-order valence-electron chi connectivity index (χ4n) is 2.93. The molecule has 0 amide bonds. The van der Waals surface area contributed by atoms with E-state index >= 15 is 0 Å². The van der Waals surface area contributed by atoms with Crippen LogP contribution in [0.5, 0.6) is 0 Å². The molecule has 0 saturated carbocycles. The third-order valence-electron chi connectivity index (χ3n) is 4.24. The second kappa shape index (κ2) is 10.8. The molecule has 29 heavy (non-hydrogen) atoms. The van der Waals surface area contributed by atoms with Crippen molar-refractivity contribution in [3.63, 3.8) is 0 Å². The van der Waals surface area contributed by atoms with Crippen molar-refractivity contribution >= 4 is 29.7 Å². The molecule has 2 aromatic carbocycles. The zero-order chi connectivity index (χ0) is 21.2. The van der Waals surface area contributed by atoms with Gasteiger partial charge in [0.1, 0.15) is 0 Å². The number of aliphatic carboxylic acids is 2. The van der Waals surface area contributed by atoms with Gasteiger partial charge in [0, 0.05) is 18.7 Å². The summed E-state index contributed by atoms with van der Waals surface area (Å²) in [5.74, 6) is -2.51. The summed E-state index contributed by atoms with van der Waals surface area (Å²) in [7, 11) is 4.24. The van der Waals surface area contributed by atoms with E-state index in [0.29, 0.717) is 12.2 Å². The van der Waals surface area contributed by atoms with Gasteiger partial charge in [0.15, 0.2) is 0 Å². The van der Waals surface area contributed by atoms with E-state index in [1.807, 2.05) is 0 Å². The number of carboxylic acid groups (broad SMARTS) is 2. The Morgan fingerprint density at radius 1 is 0.828 bits per heavy atom. The highest BCUT2D eigenvalue weighted by atomic mass is 16.4. The lowest BCUT2D eigenvalue weighted by Crippen LogP contribution is -2.12. The van der Waals surface area contributed by atoms with E-state index in [-0.39, 0.29) is 0 Å². The average molecular weight is 391 g/mol. The van der Waals surface area contributed by atoms with Crippen molar-refractivity contribution in [3.05, 3.63) is 89.0 Å². The van der Waals surface area contributed by atoms with Crippen molar-refractivity contribution in [1.82, 2.24) is 4.90 Å². The molecular formula is C24H25NO4. The lowest BCUT2D eigenvalue weighted by Gasteiger charge is -2.13. The Balaban J connectivity index is 0.000000321. The number of hydrogen-bond acceptors (Lipinski definition) is 3. The van der Waals surface area contributed by atoms with Gasteiger partial charge in [0.25, 0.3) is 0 Å². The number of nitrogens with zero attached hydrogens (tertiary/aromatic N) is 1. The molecule has 0 aromatic heterocycles. The van der Waals surface area contributed by atoms with Crippen LogP contribution in [0.1, 0.15) is 28.7 Å². The highest BCUT2D eigenvalue weighted by molar-refractivity contribution is 5.93. The first-order valence-corrected chi connectivity index (χ1v) is 9.24. The molecule has 0 heterocycles. The van der Waals surface area contributed by atoms with Crippen LogP contribution in [0.25, 0.3) is 17.7 Å². The van der Waals surface area contributed by atoms with Crippen LogP contribution in [-0.2, 0) is 9.59 Å². The van der Waals surface area contributed by atoms with Crippen molar-refractivity contribution in [3.8, 4) is 0 Å². The monoisotopic (exact) mass is 391 g/mol. The molecule has 2 aromatic rings. The molecule has 3 rings (SSSR count). The number of rotatable bonds is 5. The number of fused-ring (bicyclic) bond motifs is 2. The molecule has 0 unspecified atom stereocenters. The molecule has 0 spiro atoms. The van der Waals surface area contributed by atoms with Gasteiger partial charge < -0.3 is 15.1 Å². The predicted octanol–water partition coefficient (Wildman–Crippen LogP) is 4.27. The zero-order valence-electron chi connectivity index (χ0n) is 16.6. The zero-order valence-corrected chi connectivity index (χ0v) is 16.6. The summed E-state index contributed by atoms with van der Waals surface area (Å²) >= 11 is 0. The van der Waals surface area contributed by atoms with Crippen LogP contribution in [0.4, 0.5) is 0 Å². The second-order valence-corrected chi connectivity index (χ2v) is 6.73. The molecule has 0 aliphatic heterocycles. The molecule has 0 atom stereocenters. The minimum atomic E-state index is -1.26. The topological polar surface area (TPSA) is 77.8 Å². The molecule has 150 valence electrons. The van der Waals surface area contributed by atoms with E-state index in [4.69, 9.17) is 10.2 Å². The Hall–Kier alpha value is -3.44. The summed E-state index contributed by atoms with van der Waals surface area (Å²) in [4.78, 5) is 21.3. The van der Waals surface area contributed by atoms with Gasteiger partial charge in [0.2, 0.25) is 0 Å². The molecule has 1 aliphatic rings. The van der Waals surface area contributed by atoms with Gasteiger partial charge in [0.05, 0.1) is 0 Å². The lowest BCUT2D eigenvalue weighted by molar-refractivity contribution is -0.134. The number of carboxylic acids is 2. The van der Waals surface area contributed by atoms with E-state index in [2.05, 4.69) is 85.8 Å². The number of hydrogen-bond donors (Lipinski definition) is 2. The molecule has 5 heteroatoms. The maximum absolute atomic E-state index is 9.55.